The van der Waals surface area contributed by atoms with Crippen molar-refractivity contribution in [2.75, 3.05) is 36.5 Å². The summed E-state index contributed by atoms with van der Waals surface area (Å²) in [6, 6.07) is 18.1. The lowest BCUT2D eigenvalue weighted by molar-refractivity contribution is -0.128. The molecule has 2 aromatic carbocycles. The first-order chi connectivity index (χ1) is 22.7. The molecule has 0 aliphatic carbocycles. The van der Waals surface area contributed by atoms with Crippen LogP contribution in [0.4, 0.5) is 21.9 Å². The van der Waals surface area contributed by atoms with E-state index in [0.717, 1.165) is 5.56 Å². The Hall–Kier alpha value is -5.25. The van der Waals surface area contributed by atoms with E-state index in [2.05, 4.69) is 21.7 Å². The Morgan fingerprint density at radius 2 is 1.98 bits per heavy atom. The Kier molecular flexibility index (Phi) is 7.87. The minimum atomic E-state index is -0.395. The number of hydrogen-bond donors (Lipinski definition) is 2. The maximum absolute atomic E-state index is 13.7. The second-order valence-electron chi connectivity index (χ2n) is 12.3. The van der Waals surface area contributed by atoms with Gasteiger partial charge in [-0.25, -0.2) is 9.78 Å². The Bertz CT molecular complexity index is 1980. The minimum Gasteiger partial charge on any atom is -0.457 e. The highest BCUT2D eigenvalue weighted by Crippen LogP contribution is 2.46. The first kappa shape index (κ1) is 30.4. The van der Waals surface area contributed by atoms with Gasteiger partial charge in [0.15, 0.2) is 0 Å². The maximum atomic E-state index is 13.7. The molecule has 0 bridgehead atoms. The van der Waals surface area contributed by atoms with Crippen LogP contribution < -0.4 is 20.3 Å². The van der Waals surface area contributed by atoms with Gasteiger partial charge in [-0.3, -0.25) is 14.5 Å². The lowest BCUT2D eigenvalue weighted by atomic mass is 9.86. The minimum absolute atomic E-state index is 0.0937. The number of carbonyl (C=O) groups excluding carboxylic acids is 3. The molecule has 2 N–H and O–H groups in total. The van der Waals surface area contributed by atoms with E-state index >= 15 is 0 Å². The van der Waals surface area contributed by atoms with Crippen LogP contribution in [-0.2, 0) is 9.53 Å². The van der Waals surface area contributed by atoms with E-state index in [9.17, 15) is 19.6 Å². The number of benzene rings is 2. The molecule has 3 aliphatic rings. The van der Waals surface area contributed by atoms with Gasteiger partial charge < -0.3 is 25.0 Å². The van der Waals surface area contributed by atoms with Crippen molar-refractivity contribution in [1.29, 1.82) is 5.26 Å². The molecule has 4 amide bonds. The van der Waals surface area contributed by atoms with Crippen molar-refractivity contribution in [3.8, 4) is 17.6 Å². The van der Waals surface area contributed by atoms with E-state index in [0.29, 0.717) is 76.3 Å². The summed E-state index contributed by atoms with van der Waals surface area (Å²) < 4.78 is 11.2. The standard InChI is InChI=1S/C35H32N6O5S/c1-21-15-25(46-24-8-4-3-5-9-24)10-11-26(21)41-27-12-13-37-32-28(27)29(39-34(41)44)30(47-32)31(42)38-23-7-6-14-40(18-23)33(43)22(17-36)16-35(2)19-45-20-35/h3-5,8-13,15-16,23H,6-7,14,18-20H2,1-2H3,(H,38,42)(H,39,44). The zero-order chi connectivity index (χ0) is 32.7. The molecule has 2 fully saturated rings. The number of likely N-dealkylation sites (tertiary alicyclic amines) is 1. The summed E-state index contributed by atoms with van der Waals surface area (Å²) in [4.78, 5) is 49.3. The number of thiophene rings is 1. The molecule has 1 atom stereocenters. The van der Waals surface area contributed by atoms with Crippen LogP contribution >= 0.6 is 11.3 Å². The Morgan fingerprint density at radius 1 is 1.17 bits per heavy atom. The number of anilines is 3. The molecular weight excluding hydrogens is 616 g/mol. The molecule has 3 aliphatic heterocycles. The van der Waals surface area contributed by atoms with Gasteiger partial charge in [0.05, 0.1) is 35.7 Å². The third-order valence-corrected chi connectivity index (χ3v) is 9.69. The molecule has 0 radical (unpaired) electrons. The fraction of sp³-hybridized carbons (Fsp3) is 0.286. The van der Waals surface area contributed by atoms with Crippen LogP contribution in [0.2, 0.25) is 0 Å². The summed E-state index contributed by atoms with van der Waals surface area (Å²) in [5, 5.41) is 16.4. The van der Waals surface area contributed by atoms with E-state index < -0.39 is 6.03 Å². The van der Waals surface area contributed by atoms with E-state index in [1.807, 2.05) is 62.4 Å². The SMILES string of the molecule is Cc1cc(Oc2ccccc2)ccc1N1C(=O)Nc2c(C(=O)NC3CCCN(C(=O)C(C#N)=CC4(C)COC4)C3)sc3nccc1c23. The third-order valence-electron chi connectivity index (χ3n) is 8.59. The van der Waals surface area contributed by atoms with Gasteiger partial charge in [-0.05, 0) is 61.7 Å². The van der Waals surface area contributed by atoms with Crippen molar-refractivity contribution < 1.29 is 23.9 Å². The van der Waals surface area contributed by atoms with Crippen molar-refractivity contribution in [2.24, 2.45) is 5.41 Å². The van der Waals surface area contributed by atoms with Gasteiger partial charge in [0.2, 0.25) is 0 Å². The molecule has 12 heteroatoms. The van der Waals surface area contributed by atoms with Gasteiger partial charge in [0, 0.05) is 30.7 Å². The van der Waals surface area contributed by atoms with Crippen molar-refractivity contribution in [3.05, 3.63) is 82.9 Å². The van der Waals surface area contributed by atoms with Crippen LogP contribution in [0.1, 0.15) is 35.0 Å². The monoisotopic (exact) mass is 648 g/mol. The lowest BCUT2D eigenvalue weighted by Crippen LogP contribution is -2.50. The number of hydrogen-bond acceptors (Lipinski definition) is 8. The number of nitriles is 1. The summed E-state index contributed by atoms with van der Waals surface area (Å²) >= 11 is 1.21. The number of nitrogens with one attached hydrogen (secondary N) is 2. The van der Waals surface area contributed by atoms with Crippen LogP contribution in [0.5, 0.6) is 11.5 Å². The third kappa shape index (κ3) is 5.80. The van der Waals surface area contributed by atoms with E-state index in [-0.39, 0.29) is 35.4 Å². The van der Waals surface area contributed by atoms with E-state index in [4.69, 9.17) is 9.47 Å². The number of pyridine rings is 1. The number of ether oxygens (including phenoxy) is 2. The Labute approximate surface area is 275 Å². The number of rotatable bonds is 7. The number of para-hydroxylation sites is 1. The molecule has 2 aromatic heterocycles. The van der Waals surface area contributed by atoms with E-state index in [1.54, 1.807) is 28.1 Å². The van der Waals surface area contributed by atoms with Gasteiger partial charge in [0.25, 0.3) is 11.8 Å². The average molecular weight is 649 g/mol. The van der Waals surface area contributed by atoms with Crippen molar-refractivity contribution >= 4 is 56.5 Å². The number of urea groups is 1. The summed E-state index contributed by atoms with van der Waals surface area (Å²) in [7, 11) is 0. The molecule has 5 heterocycles. The summed E-state index contributed by atoms with van der Waals surface area (Å²) in [5.41, 5.74) is 2.32. The molecule has 238 valence electrons. The molecular formula is C35H32N6O5S. The first-order valence-electron chi connectivity index (χ1n) is 15.4. The quantitative estimate of drug-likeness (QED) is 0.178. The van der Waals surface area contributed by atoms with Crippen molar-refractivity contribution in [1.82, 2.24) is 15.2 Å². The number of aryl methyl sites for hydroxylation is 1. The maximum Gasteiger partial charge on any atom is 0.331 e. The largest absolute Gasteiger partial charge is 0.457 e. The molecule has 0 saturated carbocycles. The van der Waals surface area contributed by atoms with E-state index in [1.165, 1.54) is 11.3 Å². The van der Waals surface area contributed by atoms with Gasteiger partial charge >= 0.3 is 6.03 Å². The molecule has 2 saturated heterocycles. The van der Waals surface area contributed by atoms with Crippen LogP contribution in [0.15, 0.2) is 72.4 Å². The Balaban J connectivity index is 1.11. The highest BCUT2D eigenvalue weighted by Gasteiger charge is 2.36. The fourth-order valence-electron chi connectivity index (χ4n) is 6.25. The molecule has 4 aromatic rings. The normalized spacial score (nSPS) is 18.6. The van der Waals surface area contributed by atoms with Gasteiger partial charge in [-0.2, -0.15) is 5.26 Å². The number of carbonyl (C=O) groups is 3. The van der Waals surface area contributed by atoms with Crippen LogP contribution in [0, 0.1) is 23.7 Å². The lowest BCUT2D eigenvalue weighted by Gasteiger charge is -2.36. The zero-order valence-corrected chi connectivity index (χ0v) is 26.7. The number of piperidine rings is 1. The smallest absolute Gasteiger partial charge is 0.331 e. The van der Waals surface area contributed by atoms with Gasteiger partial charge in [0.1, 0.15) is 32.8 Å². The molecule has 47 heavy (non-hydrogen) atoms. The molecule has 0 spiro atoms. The highest BCUT2D eigenvalue weighted by atomic mass is 32.1. The van der Waals surface area contributed by atoms with Crippen LogP contribution in [-0.4, -0.2) is 60.1 Å². The Morgan fingerprint density at radius 3 is 2.70 bits per heavy atom. The highest BCUT2D eigenvalue weighted by molar-refractivity contribution is 7.21. The number of nitrogens with zero attached hydrogens (tertiary/aromatic N) is 4. The predicted molar refractivity (Wildman–Crippen MR) is 178 cm³/mol. The summed E-state index contributed by atoms with van der Waals surface area (Å²) in [6.07, 6.45) is 4.70. The average Bonchev–Trinajstić information content (AvgIpc) is 3.43. The van der Waals surface area contributed by atoms with Crippen molar-refractivity contribution in [3.63, 3.8) is 0 Å². The second-order valence-corrected chi connectivity index (χ2v) is 13.3. The topological polar surface area (TPSA) is 137 Å². The van der Waals surface area contributed by atoms with Crippen LogP contribution in [0.25, 0.3) is 10.2 Å². The number of amides is 4. The predicted octanol–water partition coefficient (Wildman–Crippen LogP) is 6.29. The number of aromatic nitrogens is 1. The molecule has 1 unspecified atom stereocenters. The van der Waals surface area contributed by atoms with Gasteiger partial charge in [-0.15, -0.1) is 11.3 Å². The summed E-state index contributed by atoms with van der Waals surface area (Å²) in [6.45, 7) is 5.60. The van der Waals surface area contributed by atoms with Crippen LogP contribution in [0.3, 0.4) is 0 Å². The van der Waals surface area contributed by atoms with Gasteiger partial charge in [-0.1, -0.05) is 31.2 Å². The summed E-state index contributed by atoms with van der Waals surface area (Å²) in [5.74, 6) is 0.670. The zero-order valence-electron chi connectivity index (χ0n) is 25.9. The second kappa shape index (κ2) is 12.2. The van der Waals surface area contributed by atoms with Crippen molar-refractivity contribution in [2.45, 2.75) is 32.7 Å². The fourth-order valence-corrected chi connectivity index (χ4v) is 7.27. The first-order valence-corrected chi connectivity index (χ1v) is 16.2. The molecule has 7 rings (SSSR count). The molecule has 11 nitrogen and oxygen atoms in total.